The molecule has 3 aromatic carbocycles. The Kier molecular flexibility index (Phi) is 7.72. The number of hydrogen-bond acceptors (Lipinski definition) is 4. The van der Waals surface area contributed by atoms with Crippen LogP contribution in [0.4, 0.5) is 8.78 Å². The lowest BCUT2D eigenvalue weighted by Crippen LogP contribution is -2.19. The van der Waals surface area contributed by atoms with Crippen LogP contribution in [-0.4, -0.2) is 19.2 Å². The zero-order chi connectivity index (χ0) is 22.2. The molecule has 0 unspecified atom stereocenters. The minimum absolute atomic E-state index is 0.0808. The lowest BCUT2D eigenvalue weighted by atomic mass is 10.1. The summed E-state index contributed by atoms with van der Waals surface area (Å²) in [5.41, 5.74) is 4.45. The average molecular weight is 489 g/mol. The highest BCUT2D eigenvalue weighted by Gasteiger charge is 2.12. The van der Waals surface area contributed by atoms with Gasteiger partial charge in [0.2, 0.25) is 5.91 Å². The first-order valence-corrected chi connectivity index (χ1v) is 10.0. The van der Waals surface area contributed by atoms with Crippen molar-refractivity contribution in [1.82, 2.24) is 5.43 Å². The van der Waals surface area contributed by atoms with Crippen LogP contribution in [0, 0.1) is 11.6 Å². The topological polar surface area (TPSA) is 59.9 Å². The van der Waals surface area contributed by atoms with Crippen molar-refractivity contribution >= 4 is 28.1 Å². The van der Waals surface area contributed by atoms with Crippen LogP contribution >= 0.6 is 15.9 Å². The maximum atomic E-state index is 13.3. The molecule has 0 aliphatic heterocycles. The third-order valence-corrected chi connectivity index (χ3v) is 4.79. The van der Waals surface area contributed by atoms with E-state index in [0.29, 0.717) is 32.7 Å². The third-order valence-electron chi connectivity index (χ3n) is 4.20. The molecule has 160 valence electrons. The molecule has 8 heteroatoms. The van der Waals surface area contributed by atoms with E-state index >= 15 is 0 Å². The predicted molar refractivity (Wildman–Crippen MR) is 117 cm³/mol. The monoisotopic (exact) mass is 488 g/mol. The number of hydrazone groups is 1. The van der Waals surface area contributed by atoms with Crippen LogP contribution in [0.15, 0.2) is 70.2 Å². The molecular weight excluding hydrogens is 470 g/mol. The van der Waals surface area contributed by atoms with Crippen LogP contribution in [0.3, 0.4) is 0 Å². The normalized spacial score (nSPS) is 10.8. The fraction of sp³-hybridized carbons (Fsp3) is 0.130. The molecule has 1 N–H and O–H groups in total. The van der Waals surface area contributed by atoms with Gasteiger partial charge in [0.15, 0.2) is 11.5 Å². The summed E-state index contributed by atoms with van der Waals surface area (Å²) in [6.45, 7) is 0.166. The number of rotatable bonds is 8. The van der Waals surface area contributed by atoms with Gasteiger partial charge in [0.05, 0.1) is 24.2 Å². The summed E-state index contributed by atoms with van der Waals surface area (Å²) in [7, 11) is 1.50. The first-order chi connectivity index (χ1) is 14.9. The van der Waals surface area contributed by atoms with E-state index in [2.05, 4.69) is 26.5 Å². The molecule has 0 aliphatic rings. The van der Waals surface area contributed by atoms with Crippen molar-refractivity contribution in [2.75, 3.05) is 7.11 Å². The summed E-state index contributed by atoms with van der Waals surface area (Å²) in [6, 6.07) is 15.3. The first-order valence-electron chi connectivity index (χ1n) is 9.25. The molecule has 1 amide bonds. The number of carbonyl (C=O) groups is 1. The molecule has 0 heterocycles. The highest BCUT2D eigenvalue weighted by atomic mass is 79.9. The molecule has 3 aromatic rings. The van der Waals surface area contributed by atoms with Gasteiger partial charge in [-0.3, -0.25) is 4.79 Å². The molecule has 0 aromatic heterocycles. The third kappa shape index (κ3) is 6.62. The standard InChI is InChI=1S/C23H19BrF2N2O3/c1-30-21-11-17(13-27-28-22(29)12-15-5-7-18(25)8-6-15)10-20(24)23(21)31-14-16-3-2-4-19(26)9-16/h2-11,13H,12,14H2,1H3,(H,28,29)/b27-13+. The summed E-state index contributed by atoms with van der Waals surface area (Å²) < 4.78 is 38.1. The van der Waals surface area contributed by atoms with Crippen LogP contribution < -0.4 is 14.9 Å². The lowest BCUT2D eigenvalue weighted by Gasteiger charge is -2.13. The second kappa shape index (κ2) is 10.7. The van der Waals surface area contributed by atoms with Crippen molar-refractivity contribution in [1.29, 1.82) is 0 Å². The maximum absolute atomic E-state index is 13.3. The van der Waals surface area contributed by atoms with E-state index in [9.17, 15) is 13.6 Å². The SMILES string of the molecule is COc1cc(/C=N/NC(=O)Cc2ccc(F)cc2)cc(Br)c1OCc1cccc(F)c1. The fourth-order valence-electron chi connectivity index (χ4n) is 2.74. The number of amides is 1. The Bertz CT molecular complexity index is 1090. The Balaban J connectivity index is 1.63. The highest BCUT2D eigenvalue weighted by molar-refractivity contribution is 9.10. The minimum atomic E-state index is -0.356. The number of benzene rings is 3. The summed E-state index contributed by atoms with van der Waals surface area (Å²) in [5.74, 6) is -0.108. The van der Waals surface area contributed by atoms with Gasteiger partial charge in [0.25, 0.3) is 0 Å². The summed E-state index contributed by atoms with van der Waals surface area (Å²) in [5, 5.41) is 3.95. The molecule has 0 saturated carbocycles. The van der Waals surface area contributed by atoms with E-state index in [-0.39, 0.29) is 30.6 Å². The first kappa shape index (κ1) is 22.4. The second-order valence-corrected chi connectivity index (χ2v) is 7.40. The van der Waals surface area contributed by atoms with Gasteiger partial charge in [0.1, 0.15) is 18.2 Å². The van der Waals surface area contributed by atoms with Crippen LogP contribution in [0.5, 0.6) is 11.5 Å². The van der Waals surface area contributed by atoms with E-state index in [0.717, 1.165) is 0 Å². The van der Waals surface area contributed by atoms with Gasteiger partial charge in [-0.15, -0.1) is 0 Å². The van der Waals surface area contributed by atoms with Crippen molar-refractivity contribution in [2.24, 2.45) is 5.10 Å². The van der Waals surface area contributed by atoms with Gasteiger partial charge in [-0.05, 0) is 69.0 Å². The molecular formula is C23H19BrF2N2O3. The molecule has 0 fully saturated rings. The van der Waals surface area contributed by atoms with Crippen LogP contribution in [0.25, 0.3) is 0 Å². The molecule has 0 aliphatic carbocycles. The molecule has 3 rings (SSSR count). The molecule has 0 bridgehead atoms. The zero-order valence-electron chi connectivity index (χ0n) is 16.6. The molecule has 31 heavy (non-hydrogen) atoms. The summed E-state index contributed by atoms with van der Waals surface area (Å²) in [4.78, 5) is 12.0. The Morgan fingerprint density at radius 3 is 2.55 bits per heavy atom. The fourth-order valence-corrected chi connectivity index (χ4v) is 3.32. The Hall–Kier alpha value is -3.26. The van der Waals surface area contributed by atoms with Gasteiger partial charge < -0.3 is 9.47 Å². The van der Waals surface area contributed by atoms with E-state index in [1.807, 2.05) is 0 Å². The van der Waals surface area contributed by atoms with E-state index in [1.54, 1.807) is 36.4 Å². The van der Waals surface area contributed by atoms with Crippen LogP contribution in [-0.2, 0) is 17.8 Å². The predicted octanol–water partition coefficient (Wildman–Crippen LogP) is 5.01. The maximum Gasteiger partial charge on any atom is 0.244 e. The zero-order valence-corrected chi connectivity index (χ0v) is 18.2. The molecule has 0 spiro atoms. The smallest absolute Gasteiger partial charge is 0.244 e. The van der Waals surface area contributed by atoms with Crippen molar-refractivity contribution in [3.8, 4) is 11.5 Å². The number of carbonyl (C=O) groups excluding carboxylic acids is 1. The molecule has 0 saturated heterocycles. The largest absolute Gasteiger partial charge is 0.493 e. The Labute approximate surface area is 186 Å². The Morgan fingerprint density at radius 2 is 1.84 bits per heavy atom. The van der Waals surface area contributed by atoms with Crippen molar-refractivity contribution < 1.29 is 23.0 Å². The molecule has 5 nitrogen and oxygen atoms in total. The number of nitrogens with zero attached hydrogens (tertiary/aromatic N) is 1. The van der Waals surface area contributed by atoms with Crippen LogP contribution in [0.2, 0.25) is 0 Å². The van der Waals surface area contributed by atoms with E-state index in [4.69, 9.17) is 9.47 Å². The van der Waals surface area contributed by atoms with Crippen molar-refractivity contribution in [3.63, 3.8) is 0 Å². The number of ether oxygens (including phenoxy) is 2. The van der Waals surface area contributed by atoms with Gasteiger partial charge in [-0.2, -0.15) is 5.10 Å². The van der Waals surface area contributed by atoms with Crippen molar-refractivity contribution in [2.45, 2.75) is 13.0 Å². The van der Waals surface area contributed by atoms with Gasteiger partial charge in [0, 0.05) is 0 Å². The average Bonchev–Trinajstić information content (AvgIpc) is 2.74. The highest BCUT2D eigenvalue weighted by Crippen LogP contribution is 2.36. The summed E-state index contributed by atoms with van der Waals surface area (Å²) >= 11 is 3.44. The van der Waals surface area contributed by atoms with Gasteiger partial charge in [-0.1, -0.05) is 24.3 Å². The van der Waals surface area contributed by atoms with E-state index < -0.39 is 0 Å². The lowest BCUT2D eigenvalue weighted by molar-refractivity contribution is -0.120. The quantitative estimate of drug-likeness (QED) is 0.358. The van der Waals surface area contributed by atoms with Crippen molar-refractivity contribution in [3.05, 3.63) is 93.5 Å². The second-order valence-electron chi connectivity index (χ2n) is 6.55. The van der Waals surface area contributed by atoms with E-state index in [1.165, 1.54) is 37.6 Å². The number of methoxy groups -OCH3 is 1. The van der Waals surface area contributed by atoms with Crippen LogP contribution in [0.1, 0.15) is 16.7 Å². The number of hydrogen-bond donors (Lipinski definition) is 1. The number of nitrogens with one attached hydrogen (secondary N) is 1. The molecule has 0 atom stereocenters. The van der Waals surface area contributed by atoms with Gasteiger partial charge in [-0.25, -0.2) is 14.2 Å². The summed E-state index contributed by atoms with van der Waals surface area (Å²) in [6.07, 6.45) is 1.55. The molecule has 0 radical (unpaired) electrons. The minimum Gasteiger partial charge on any atom is -0.493 e. The Morgan fingerprint density at radius 1 is 1.06 bits per heavy atom. The number of halogens is 3. The van der Waals surface area contributed by atoms with Gasteiger partial charge >= 0.3 is 0 Å².